The predicted octanol–water partition coefficient (Wildman–Crippen LogP) is 2.18. The zero-order chi connectivity index (χ0) is 7.14. The predicted molar refractivity (Wildman–Crippen MR) is 40.5 cm³/mol. The minimum atomic E-state index is 0.236. The van der Waals surface area contributed by atoms with Crippen molar-refractivity contribution in [3.05, 3.63) is 35.1 Å². The van der Waals surface area contributed by atoms with Crippen molar-refractivity contribution in [2.45, 2.75) is 20.0 Å². The van der Waals surface area contributed by atoms with Crippen molar-refractivity contribution < 1.29 is 4.74 Å². The molecule has 52 valence electrons. The third-order valence-electron chi connectivity index (χ3n) is 1.95. The highest BCUT2D eigenvalue weighted by Gasteiger charge is 2.23. The second-order valence-corrected chi connectivity index (χ2v) is 2.79. The molecule has 0 aromatic carbocycles. The van der Waals surface area contributed by atoms with Crippen LogP contribution in [0.1, 0.15) is 13.8 Å². The second kappa shape index (κ2) is 1.75. The van der Waals surface area contributed by atoms with Crippen molar-refractivity contribution in [3.8, 4) is 0 Å². The molecule has 0 N–H and O–H groups in total. The van der Waals surface area contributed by atoms with Gasteiger partial charge in [0, 0.05) is 5.57 Å². The first-order valence-electron chi connectivity index (χ1n) is 3.51. The van der Waals surface area contributed by atoms with E-state index in [4.69, 9.17) is 4.74 Å². The molecule has 0 fully saturated rings. The van der Waals surface area contributed by atoms with E-state index in [2.05, 4.69) is 25.2 Å². The monoisotopic (exact) mass is 134 g/mol. The van der Waals surface area contributed by atoms with Gasteiger partial charge in [-0.2, -0.15) is 0 Å². The van der Waals surface area contributed by atoms with Crippen LogP contribution in [0.2, 0.25) is 0 Å². The van der Waals surface area contributed by atoms with Gasteiger partial charge in [0.1, 0.15) is 6.10 Å². The zero-order valence-corrected chi connectivity index (χ0v) is 6.22. The molecule has 0 saturated carbocycles. The number of rotatable bonds is 0. The van der Waals surface area contributed by atoms with Crippen LogP contribution in [-0.2, 0) is 4.74 Å². The summed E-state index contributed by atoms with van der Waals surface area (Å²) in [4.78, 5) is 0. The highest BCUT2D eigenvalue weighted by atomic mass is 16.5. The summed E-state index contributed by atoms with van der Waals surface area (Å²) < 4.78 is 5.47. The van der Waals surface area contributed by atoms with Gasteiger partial charge in [-0.1, -0.05) is 6.08 Å². The van der Waals surface area contributed by atoms with Crippen LogP contribution < -0.4 is 0 Å². The van der Waals surface area contributed by atoms with Gasteiger partial charge < -0.3 is 4.74 Å². The summed E-state index contributed by atoms with van der Waals surface area (Å²) in [5, 5.41) is 0. The van der Waals surface area contributed by atoms with Gasteiger partial charge in [0.15, 0.2) is 0 Å². The van der Waals surface area contributed by atoms with E-state index >= 15 is 0 Å². The molecule has 1 heterocycles. The Balaban J connectivity index is 2.43. The van der Waals surface area contributed by atoms with Crippen molar-refractivity contribution in [1.29, 1.82) is 0 Å². The Morgan fingerprint density at radius 2 is 2.20 bits per heavy atom. The maximum absolute atomic E-state index is 5.47. The lowest BCUT2D eigenvalue weighted by Crippen LogP contribution is -2.00. The molecular formula is C9H10O. The van der Waals surface area contributed by atoms with Gasteiger partial charge in [-0.3, -0.25) is 0 Å². The van der Waals surface area contributed by atoms with Crippen molar-refractivity contribution in [1.82, 2.24) is 0 Å². The normalized spacial score (nSPS) is 28.6. The fraction of sp³-hybridized carbons (Fsp3) is 0.333. The van der Waals surface area contributed by atoms with E-state index in [1.54, 1.807) is 0 Å². The molecule has 0 radical (unpaired) electrons. The van der Waals surface area contributed by atoms with Gasteiger partial charge >= 0.3 is 0 Å². The Kier molecular flexibility index (Phi) is 1.01. The molecule has 0 bridgehead atoms. The van der Waals surface area contributed by atoms with Gasteiger partial charge in [-0.25, -0.2) is 0 Å². The van der Waals surface area contributed by atoms with Crippen LogP contribution in [0, 0.1) is 0 Å². The molecule has 1 heteroatoms. The molecule has 0 aromatic rings. The molecular weight excluding hydrogens is 124 g/mol. The molecule has 1 aliphatic carbocycles. The summed E-state index contributed by atoms with van der Waals surface area (Å²) in [6.45, 7) is 4.11. The zero-order valence-electron chi connectivity index (χ0n) is 6.22. The summed E-state index contributed by atoms with van der Waals surface area (Å²) >= 11 is 0. The summed E-state index contributed by atoms with van der Waals surface area (Å²) in [6.07, 6.45) is 6.56. The first kappa shape index (κ1) is 5.78. The standard InChI is InChI=1S/C9H10O/c1-6-3-4-9-8(6)5-7(2)10-9/h3-5,9H,1-2H3. The smallest absolute Gasteiger partial charge is 0.142 e. The molecule has 1 aliphatic heterocycles. The van der Waals surface area contributed by atoms with Gasteiger partial charge in [-0.15, -0.1) is 0 Å². The van der Waals surface area contributed by atoms with Gasteiger partial charge in [0.05, 0.1) is 5.76 Å². The van der Waals surface area contributed by atoms with Gasteiger partial charge in [-0.05, 0) is 31.6 Å². The molecule has 1 atom stereocenters. The first-order chi connectivity index (χ1) is 4.77. The fourth-order valence-corrected chi connectivity index (χ4v) is 1.41. The minimum Gasteiger partial charge on any atom is -0.486 e. The Bertz CT molecular complexity index is 256. The summed E-state index contributed by atoms with van der Waals surface area (Å²) in [5.41, 5.74) is 2.67. The molecule has 0 saturated heterocycles. The highest BCUT2D eigenvalue weighted by molar-refractivity contribution is 5.46. The number of fused-ring (bicyclic) bond motifs is 1. The van der Waals surface area contributed by atoms with Gasteiger partial charge in [0.25, 0.3) is 0 Å². The quantitative estimate of drug-likeness (QED) is 0.493. The Labute approximate surface area is 60.7 Å². The molecule has 0 aromatic heterocycles. The van der Waals surface area contributed by atoms with Crippen LogP contribution >= 0.6 is 0 Å². The van der Waals surface area contributed by atoms with E-state index in [9.17, 15) is 0 Å². The minimum absolute atomic E-state index is 0.236. The van der Waals surface area contributed by atoms with E-state index in [-0.39, 0.29) is 6.10 Å². The van der Waals surface area contributed by atoms with E-state index in [0.29, 0.717) is 0 Å². The molecule has 0 amide bonds. The van der Waals surface area contributed by atoms with Crippen molar-refractivity contribution in [3.63, 3.8) is 0 Å². The Hall–Kier alpha value is -0.980. The lowest BCUT2D eigenvalue weighted by molar-refractivity contribution is 0.208. The van der Waals surface area contributed by atoms with Crippen molar-refractivity contribution in [2.75, 3.05) is 0 Å². The maximum atomic E-state index is 5.47. The average Bonchev–Trinajstić information content (AvgIpc) is 2.35. The number of hydrogen-bond acceptors (Lipinski definition) is 1. The average molecular weight is 134 g/mol. The van der Waals surface area contributed by atoms with Crippen LogP contribution in [0.15, 0.2) is 35.1 Å². The largest absolute Gasteiger partial charge is 0.486 e. The van der Waals surface area contributed by atoms with Gasteiger partial charge in [0.2, 0.25) is 0 Å². The van der Waals surface area contributed by atoms with Crippen LogP contribution in [0.25, 0.3) is 0 Å². The van der Waals surface area contributed by atoms with E-state index in [1.165, 1.54) is 11.1 Å². The molecule has 10 heavy (non-hydrogen) atoms. The Morgan fingerprint density at radius 1 is 1.40 bits per heavy atom. The molecule has 1 unspecified atom stereocenters. The third kappa shape index (κ3) is 0.635. The number of ether oxygens (including phenoxy) is 1. The molecule has 1 nitrogen and oxygen atoms in total. The highest BCUT2D eigenvalue weighted by Crippen LogP contribution is 2.30. The number of hydrogen-bond donors (Lipinski definition) is 0. The number of allylic oxidation sites excluding steroid dienone is 3. The van der Waals surface area contributed by atoms with Crippen LogP contribution in [0.4, 0.5) is 0 Å². The van der Waals surface area contributed by atoms with Crippen LogP contribution in [0.3, 0.4) is 0 Å². The lowest BCUT2D eigenvalue weighted by Gasteiger charge is -2.03. The fourth-order valence-electron chi connectivity index (χ4n) is 1.41. The summed E-state index contributed by atoms with van der Waals surface area (Å²) in [5.74, 6) is 1.03. The third-order valence-corrected chi connectivity index (χ3v) is 1.95. The second-order valence-electron chi connectivity index (χ2n) is 2.79. The molecule has 0 spiro atoms. The SMILES string of the molecule is CC1=CC2=C(C)C=CC2O1. The maximum Gasteiger partial charge on any atom is 0.142 e. The van der Waals surface area contributed by atoms with E-state index < -0.39 is 0 Å². The van der Waals surface area contributed by atoms with E-state index in [0.717, 1.165) is 5.76 Å². The molecule has 2 rings (SSSR count). The first-order valence-corrected chi connectivity index (χ1v) is 3.51. The molecule has 2 aliphatic rings. The summed E-state index contributed by atoms with van der Waals surface area (Å²) in [6, 6.07) is 0. The van der Waals surface area contributed by atoms with E-state index in [1.807, 2.05) is 6.92 Å². The van der Waals surface area contributed by atoms with Crippen molar-refractivity contribution >= 4 is 0 Å². The Morgan fingerprint density at radius 3 is 2.90 bits per heavy atom. The summed E-state index contributed by atoms with van der Waals surface area (Å²) in [7, 11) is 0. The lowest BCUT2D eigenvalue weighted by atomic mass is 10.1. The topological polar surface area (TPSA) is 9.23 Å². The van der Waals surface area contributed by atoms with Crippen molar-refractivity contribution in [2.24, 2.45) is 0 Å². The van der Waals surface area contributed by atoms with Crippen LogP contribution in [0.5, 0.6) is 0 Å². The van der Waals surface area contributed by atoms with Crippen LogP contribution in [-0.4, -0.2) is 6.10 Å².